The van der Waals surface area contributed by atoms with Crippen LogP contribution in [-0.2, 0) is 7.05 Å². The van der Waals surface area contributed by atoms with Gasteiger partial charge in [-0.1, -0.05) is 36.4 Å². The van der Waals surface area contributed by atoms with Crippen molar-refractivity contribution in [2.45, 2.75) is 0 Å². The molecule has 0 aliphatic heterocycles. The van der Waals surface area contributed by atoms with Gasteiger partial charge in [0.25, 0.3) is 0 Å². The molecule has 94 valence electrons. The Morgan fingerprint density at radius 3 is 1.79 bits per heavy atom. The highest BCUT2D eigenvalue weighted by Gasteiger charge is 2.14. The smallest absolute Gasteiger partial charge is 0.137 e. The van der Waals surface area contributed by atoms with Gasteiger partial charge in [-0.15, -0.1) is 0 Å². The van der Waals surface area contributed by atoms with Crippen molar-refractivity contribution in [2.24, 2.45) is 7.05 Å². The van der Waals surface area contributed by atoms with E-state index in [0.717, 1.165) is 17.2 Å². The van der Waals surface area contributed by atoms with E-state index in [2.05, 4.69) is 34.1 Å². The van der Waals surface area contributed by atoms with Gasteiger partial charge in [0.2, 0.25) is 0 Å². The van der Waals surface area contributed by atoms with Gasteiger partial charge in [-0.2, -0.15) is 0 Å². The second-order valence-corrected chi connectivity index (χ2v) is 4.37. The van der Waals surface area contributed by atoms with E-state index in [1.165, 1.54) is 0 Å². The second kappa shape index (κ2) is 4.98. The molecule has 0 amide bonds. The molecule has 0 unspecified atom stereocenters. The number of rotatable bonds is 3. The Balaban J connectivity index is 2.15. The van der Waals surface area contributed by atoms with Crippen LogP contribution in [-0.4, -0.2) is 9.55 Å². The summed E-state index contributed by atoms with van der Waals surface area (Å²) in [6, 6.07) is 20.6. The lowest BCUT2D eigenvalue weighted by Gasteiger charge is -2.24. The number of nitrogens with zero attached hydrogens (tertiary/aromatic N) is 3. The van der Waals surface area contributed by atoms with Gasteiger partial charge in [0.05, 0.1) is 12.5 Å². The molecule has 3 nitrogen and oxygen atoms in total. The first-order valence-electron chi connectivity index (χ1n) is 6.23. The van der Waals surface area contributed by atoms with Crippen molar-refractivity contribution in [2.75, 3.05) is 4.90 Å². The molecule has 19 heavy (non-hydrogen) atoms. The van der Waals surface area contributed by atoms with Crippen LogP contribution >= 0.6 is 0 Å². The minimum atomic E-state index is 1.04. The Morgan fingerprint density at radius 1 is 0.842 bits per heavy atom. The highest BCUT2D eigenvalue weighted by Crippen LogP contribution is 2.33. The fourth-order valence-corrected chi connectivity index (χ4v) is 2.13. The number of hydrogen-bond donors (Lipinski definition) is 0. The van der Waals surface area contributed by atoms with E-state index in [0.29, 0.717) is 0 Å². The Bertz CT molecular complexity index is 605. The molecule has 2 aromatic carbocycles. The third kappa shape index (κ3) is 2.22. The molecular formula is C16H15N3. The summed E-state index contributed by atoms with van der Waals surface area (Å²) in [6.07, 6.45) is 3.69. The van der Waals surface area contributed by atoms with Gasteiger partial charge < -0.3 is 4.57 Å². The fraction of sp³-hybridized carbons (Fsp3) is 0.0625. The fourth-order valence-electron chi connectivity index (χ4n) is 2.13. The Hall–Kier alpha value is -2.55. The highest BCUT2D eigenvalue weighted by atomic mass is 15.3. The number of para-hydroxylation sites is 2. The first kappa shape index (κ1) is 11.5. The summed E-state index contributed by atoms with van der Waals surface area (Å²) < 4.78 is 2.01. The van der Waals surface area contributed by atoms with E-state index in [-0.39, 0.29) is 0 Å². The van der Waals surface area contributed by atoms with Crippen LogP contribution < -0.4 is 4.90 Å². The maximum absolute atomic E-state index is 4.21. The zero-order valence-electron chi connectivity index (χ0n) is 10.8. The molecule has 0 bridgehead atoms. The van der Waals surface area contributed by atoms with Gasteiger partial charge >= 0.3 is 0 Å². The third-order valence-corrected chi connectivity index (χ3v) is 3.05. The van der Waals surface area contributed by atoms with Crippen molar-refractivity contribution in [3.8, 4) is 0 Å². The average molecular weight is 249 g/mol. The van der Waals surface area contributed by atoms with Crippen molar-refractivity contribution in [1.29, 1.82) is 0 Å². The summed E-state index contributed by atoms with van der Waals surface area (Å²) in [5, 5.41) is 0. The molecule has 3 aromatic rings. The molecule has 3 rings (SSSR count). The summed E-state index contributed by atoms with van der Waals surface area (Å²) in [4.78, 5) is 6.40. The number of anilines is 3. The van der Waals surface area contributed by atoms with Crippen molar-refractivity contribution < 1.29 is 0 Å². The zero-order valence-corrected chi connectivity index (χ0v) is 10.8. The van der Waals surface area contributed by atoms with Crippen LogP contribution in [0.25, 0.3) is 0 Å². The van der Waals surface area contributed by atoms with Crippen LogP contribution in [0.2, 0.25) is 0 Å². The molecule has 0 saturated heterocycles. The Morgan fingerprint density at radius 2 is 1.37 bits per heavy atom. The predicted molar refractivity (Wildman–Crippen MR) is 77.9 cm³/mol. The molecule has 0 radical (unpaired) electrons. The lowest BCUT2D eigenvalue weighted by molar-refractivity contribution is 0.901. The quantitative estimate of drug-likeness (QED) is 0.702. The van der Waals surface area contributed by atoms with Crippen LogP contribution in [0.5, 0.6) is 0 Å². The monoisotopic (exact) mass is 249 g/mol. The summed E-state index contributed by atoms with van der Waals surface area (Å²) >= 11 is 0. The molecule has 0 saturated carbocycles. The van der Waals surface area contributed by atoms with Gasteiger partial charge in [-0.05, 0) is 24.3 Å². The molecular weight excluding hydrogens is 234 g/mol. The SMILES string of the molecule is Cn1cncc1N(c1ccccc1)c1ccccc1. The van der Waals surface area contributed by atoms with E-state index >= 15 is 0 Å². The number of imidazole rings is 1. The number of aryl methyl sites for hydroxylation is 1. The molecule has 0 spiro atoms. The van der Waals surface area contributed by atoms with Gasteiger partial charge in [0.15, 0.2) is 0 Å². The van der Waals surface area contributed by atoms with E-state index in [4.69, 9.17) is 0 Å². The average Bonchev–Trinajstić information content (AvgIpc) is 2.88. The molecule has 1 heterocycles. The zero-order chi connectivity index (χ0) is 13.1. The van der Waals surface area contributed by atoms with Crippen molar-refractivity contribution in [3.63, 3.8) is 0 Å². The molecule has 1 aromatic heterocycles. The number of benzene rings is 2. The summed E-state index contributed by atoms with van der Waals surface area (Å²) in [7, 11) is 2.00. The van der Waals surface area contributed by atoms with E-state index in [1.54, 1.807) is 0 Å². The number of aromatic nitrogens is 2. The van der Waals surface area contributed by atoms with Gasteiger partial charge in [-0.3, -0.25) is 4.90 Å². The Kier molecular flexibility index (Phi) is 3.02. The van der Waals surface area contributed by atoms with Crippen molar-refractivity contribution >= 4 is 17.2 Å². The van der Waals surface area contributed by atoms with Gasteiger partial charge in [0, 0.05) is 18.4 Å². The number of hydrogen-bond acceptors (Lipinski definition) is 2. The molecule has 0 aliphatic carbocycles. The summed E-state index contributed by atoms with van der Waals surface area (Å²) in [5.41, 5.74) is 2.24. The second-order valence-electron chi connectivity index (χ2n) is 4.37. The molecule has 0 N–H and O–H groups in total. The topological polar surface area (TPSA) is 21.1 Å². The largest absolute Gasteiger partial charge is 0.320 e. The van der Waals surface area contributed by atoms with Crippen molar-refractivity contribution in [3.05, 3.63) is 73.2 Å². The highest BCUT2D eigenvalue weighted by molar-refractivity contribution is 5.74. The molecule has 0 fully saturated rings. The predicted octanol–water partition coefficient (Wildman–Crippen LogP) is 3.89. The van der Waals surface area contributed by atoms with Crippen molar-refractivity contribution in [1.82, 2.24) is 9.55 Å². The van der Waals surface area contributed by atoms with Crippen LogP contribution in [0.15, 0.2) is 73.2 Å². The normalized spacial score (nSPS) is 10.4. The summed E-state index contributed by atoms with van der Waals surface area (Å²) in [6.45, 7) is 0. The first-order valence-corrected chi connectivity index (χ1v) is 6.23. The minimum absolute atomic E-state index is 1.04. The maximum atomic E-state index is 4.21. The standard InChI is InChI=1S/C16H15N3/c1-18-13-17-12-16(18)19(14-8-4-2-5-9-14)15-10-6-3-7-11-15/h2-13H,1H3. The molecule has 0 aliphatic rings. The van der Waals surface area contributed by atoms with Crippen LogP contribution in [0.1, 0.15) is 0 Å². The maximum Gasteiger partial charge on any atom is 0.137 e. The third-order valence-electron chi connectivity index (χ3n) is 3.05. The van der Waals surface area contributed by atoms with Gasteiger partial charge in [-0.25, -0.2) is 4.98 Å². The minimum Gasteiger partial charge on any atom is -0.320 e. The van der Waals surface area contributed by atoms with E-state index in [9.17, 15) is 0 Å². The Labute approximate surface area is 112 Å². The first-order chi connectivity index (χ1) is 9.36. The van der Waals surface area contributed by atoms with E-state index < -0.39 is 0 Å². The molecule has 3 heteroatoms. The van der Waals surface area contributed by atoms with Crippen LogP contribution in [0.4, 0.5) is 17.2 Å². The van der Waals surface area contributed by atoms with Gasteiger partial charge in [0.1, 0.15) is 5.82 Å². The van der Waals surface area contributed by atoms with Crippen LogP contribution in [0.3, 0.4) is 0 Å². The van der Waals surface area contributed by atoms with E-state index in [1.807, 2.05) is 60.5 Å². The molecule has 0 atom stereocenters. The lowest BCUT2D eigenvalue weighted by atomic mass is 10.2. The summed E-state index contributed by atoms with van der Waals surface area (Å²) in [5.74, 6) is 1.04. The van der Waals surface area contributed by atoms with Crippen LogP contribution in [0, 0.1) is 0 Å². The lowest BCUT2D eigenvalue weighted by Crippen LogP contribution is -2.12.